The van der Waals surface area contributed by atoms with Gasteiger partial charge in [0.25, 0.3) is 11.6 Å². The fourth-order valence-electron chi connectivity index (χ4n) is 1.10. The van der Waals surface area contributed by atoms with Crippen LogP contribution in [0.1, 0.15) is 10.4 Å². The molecule has 1 aromatic rings. The number of nitro benzene ring substituents is 1. The molecule has 1 rings (SSSR count). The summed E-state index contributed by atoms with van der Waals surface area (Å²) in [5, 5.41) is 19.4. The average Bonchev–Trinajstić information content (AvgIpc) is 2.26. The lowest BCUT2D eigenvalue weighted by atomic mass is 10.1. The Kier molecular flexibility index (Phi) is 3.64. The molecule has 0 radical (unpaired) electrons. The van der Waals surface area contributed by atoms with Crippen molar-refractivity contribution in [2.24, 2.45) is 0 Å². The number of hydrogen-bond acceptors (Lipinski definition) is 4. The number of carboxylic acid groups (broad SMARTS) is 1. The highest BCUT2D eigenvalue weighted by Gasteiger charge is 2.25. The molecule has 0 fully saturated rings. The van der Waals surface area contributed by atoms with Gasteiger partial charge in [-0.3, -0.25) is 14.9 Å². The first-order chi connectivity index (χ1) is 7.84. The molecule has 0 heterocycles. The zero-order valence-electron chi connectivity index (χ0n) is 8.58. The van der Waals surface area contributed by atoms with E-state index in [1.54, 1.807) is 0 Å². The lowest BCUT2D eigenvalue weighted by Gasteiger charge is -2.10. The van der Waals surface area contributed by atoms with Gasteiger partial charge >= 0.3 is 6.09 Å². The second kappa shape index (κ2) is 4.79. The predicted molar refractivity (Wildman–Crippen MR) is 58.2 cm³/mol. The van der Waals surface area contributed by atoms with Crippen molar-refractivity contribution >= 4 is 29.3 Å². The molecule has 0 bridgehead atoms. The zero-order chi connectivity index (χ0) is 13.2. The highest BCUT2D eigenvalue weighted by molar-refractivity contribution is 6.31. The summed E-state index contributed by atoms with van der Waals surface area (Å²) in [5.74, 6) is -0.985. The number of nitrogens with zero attached hydrogens (tertiary/aromatic N) is 2. The average molecular weight is 259 g/mol. The van der Waals surface area contributed by atoms with Crippen molar-refractivity contribution in [1.82, 2.24) is 4.90 Å². The van der Waals surface area contributed by atoms with Crippen LogP contribution in [0.25, 0.3) is 0 Å². The molecule has 0 aromatic heterocycles. The maximum Gasteiger partial charge on any atom is 0.414 e. The molecule has 0 atom stereocenters. The fourth-order valence-corrected chi connectivity index (χ4v) is 1.27. The molecule has 17 heavy (non-hydrogen) atoms. The van der Waals surface area contributed by atoms with Gasteiger partial charge in [-0.1, -0.05) is 11.6 Å². The zero-order valence-corrected chi connectivity index (χ0v) is 9.34. The van der Waals surface area contributed by atoms with E-state index in [0.717, 1.165) is 19.2 Å². The molecule has 7 nitrogen and oxygen atoms in total. The first kappa shape index (κ1) is 12.9. The number of rotatable bonds is 2. The Morgan fingerprint density at radius 2 is 2.06 bits per heavy atom. The summed E-state index contributed by atoms with van der Waals surface area (Å²) in [6, 6.07) is 3.38. The quantitative estimate of drug-likeness (QED) is 0.646. The van der Waals surface area contributed by atoms with Crippen molar-refractivity contribution in [2.45, 2.75) is 0 Å². The maximum atomic E-state index is 11.6. The molecule has 0 spiro atoms. The van der Waals surface area contributed by atoms with E-state index < -0.39 is 22.6 Å². The number of carbonyl (C=O) groups excluding carboxylic acids is 1. The Balaban J connectivity index is 3.27. The number of halogens is 1. The molecule has 2 amide bonds. The molecule has 1 N–H and O–H groups in total. The second-order valence-electron chi connectivity index (χ2n) is 3.07. The molecule has 8 heteroatoms. The van der Waals surface area contributed by atoms with Crippen LogP contribution in [0.2, 0.25) is 5.02 Å². The van der Waals surface area contributed by atoms with Gasteiger partial charge in [-0.15, -0.1) is 0 Å². The third-order valence-electron chi connectivity index (χ3n) is 1.98. The van der Waals surface area contributed by atoms with Crippen molar-refractivity contribution < 1.29 is 19.6 Å². The summed E-state index contributed by atoms with van der Waals surface area (Å²) < 4.78 is 0. The predicted octanol–water partition coefficient (Wildman–Crippen LogP) is 2.00. The maximum absolute atomic E-state index is 11.6. The lowest BCUT2D eigenvalue weighted by molar-refractivity contribution is -0.385. The monoisotopic (exact) mass is 258 g/mol. The SMILES string of the molecule is CN(C(=O)O)C(=O)c1ccc(Cl)cc1[N+](=O)[O-]. The van der Waals surface area contributed by atoms with E-state index in [2.05, 4.69) is 0 Å². The number of benzene rings is 1. The number of hydrogen-bond donors (Lipinski definition) is 1. The van der Waals surface area contributed by atoms with Crippen LogP contribution in [0.15, 0.2) is 18.2 Å². The van der Waals surface area contributed by atoms with Gasteiger partial charge in [-0.05, 0) is 12.1 Å². The Labute approximate surface area is 100 Å². The lowest BCUT2D eigenvalue weighted by Crippen LogP contribution is -2.32. The highest BCUT2D eigenvalue weighted by Crippen LogP contribution is 2.24. The molecule has 0 aliphatic rings. The minimum absolute atomic E-state index is 0.0891. The molecular formula is C9H7ClN2O5. The van der Waals surface area contributed by atoms with E-state index in [0.29, 0.717) is 4.90 Å². The minimum atomic E-state index is -1.50. The van der Waals surface area contributed by atoms with Gasteiger partial charge in [-0.2, -0.15) is 0 Å². The van der Waals surface area contributed by atoms with Crippen LogP contribution in [0.4, 0.5) is 10.5 Å². The van der Waals surface area contributed by atoms with E-state index in [1.165, 1.54) is 6.07 Å². The van der Waals surface area contributed by atoms with Gasteiger partial charge in [0.15, 0.2) is 0 Å². The summed E-state index contributed by atoms with van der Waals surface area (Å²) in [7, 11) is 1.00. The fraction of sp³-hybridized carbons (Fsp3) is 0.111. The molecule has 0 saturated carbocycles. The van der Waals surface area contributed by atoms with Crippen LogP contribution in [-0.2, 0) is 0 Å². The van der Waals surface area contributed by atoms with Crippen molar-refractivity contribution in [3.8, 4) is 0 Å². The number of imide groups is 1. The van der Waals surface area contributed by atoms with Gasteiger partial charge < -0.3 is 5.11 Å². The number of nitro groups is 1. The van der Waals surface area contributed by atoms with Crippen LogP contribution >= 0.6 is 11.6 Å². The molecular weight excluding hydrogens is 252 g/mol. The Morgan fingerprint density at radius 3 is 2.53 bits per heavy atom. The largest absolute Gasteiger partial charge is 0.465 e. The normalized spacial score (nSPS) is 9.76. The topological polar surface area (TPSA) is 101 Å². The third-order valence-corrected chi connectivity index (χ3v) is 2.21. The van der Waals surface area contributed by atoms with Crippen LogP contribution in [-0.4, -0.2) is 34.0 Å². The molecule has 0 saturated heterocycles. The standard InChI is InChI=1S/C9H7ClN2O5/c1-11(9(14)15)8(13)6-3-2-5(10)4-7(6)12(16)17/h2-4H,1H3,(H,14,15). The van der Waals surface area contributed by atoms with E-state index >= 15 is 0 Å². The van der Waals surface area contributed by atoms with Crippen molar-refractivity contribution in [1.29, 1.82) is 0 Å². The van der Waals surface area contributed by atoms with Gasteiger partial charge in [0.1, 0.15) is 5.56 Å². The van der Waals surface area contributed by atoms with Gasteiger partial charge in [0, 0.05) is 18.1 Å². The Bertz CT molecular complexity index is 502. The van der Waals surface area contributed by atoms with Crippen LogP contribution < -0.4 is 0 Å². The van der Waals surface area contributed by atoms with E-state index in [4.69, 9.17) is 16.7 Å². The Hall–Kier alpha value is -2.15. The summed E-state index contributed by atoms with van der Waals surface area (Å²) >= 11 is 5.56. The van der Waals surface area contributed by atoms with Gasteiger partial charge in [-0.25, -0.2) is 9.69 Å². The summed E-state index contributed by atoms with van der Waals surface area (Å²) in [5.41, 5.74) is -0.861. The molecule has 0 unspecified atom stereocenters. The van der Waals surface area contributed by atoms with Crippen molar-refractivity contribution in [3.05, 3.63) is 38.9 Å². The minimum Gasteiger partial charge on any atom is -0.465 e. The van der Waals surface area contributed by atoms with Gasteiger partial charge in [0.05, 0.1) is 4.92 Å². The molecule has 90 valence electrons. The second-order valence-corrected chi connectivity index (χ2v) is 3.50. The molecule has 1 aromatic carbocycles. The van der Waals surface area contributed by atoms with E-state index in [9.17, 15) is 19.7 Å². The number of carbonyl (C=O) groups is 2. The first-order valence-corrected chi connectivity index (χ1v) is 4.67. The summed E-state index contributed by atoms with van der Waals surface area (Å²) in [4.78, 5) is 32.5. The Morgan fingerprint density at radius 1 is 1.47 bits per heavy atom. The third kappa shape index (κ3) is 2.70. The van der Waals surface area contributed by atoms with Crippen LogP contribution in [0, 0.1) is 10.1 Å². The summed E-state index contributed by atoms with van der Waals surface area (Å²) in [6.07, 6.45) is -1.50. The number of amides is 2. The van der Waals surface area contributed by atoms with Gasteiger partial charge in [0.2, 0.25) is 0 Å². The highest BCUT2D eigenvalue weighted by atomic mass is 35.5. The van der Waals surface area contributed by atoms with Crippen LogP contribution in [0.3, 0.4) is 0 Å². The smallest absolute Gasteiger partial charge is 0.414 e. The molecule has 0 aliphatic carbocycles. The van der Waals surface area contributed by atoms with Crippen molar-refractivity contribution in [3.63, 3.8) is 0 Å². The summed E-state index contributed by atoms with van der Waals surface area (Å²) in [6.45, 7) is 0. The van der Waals surface area contributed by atoms with E-state index in [-0.39, 0.29) is 10.6 Å². The molecule has 0 aliphatic heterocycles. The first-order valence-electron chi connectivity index (χ1n) is 4.29. The van der Waals surface area contributed by atoms with Crippen LogP contribution in [0.5, 0.6) is 0 Å². The van der Waals surface area contributed by atoms with E-state index in [1.807, 2.05) is 0 Å². The van der Waals surface area contributed by atoms with Crippen molar-refractivity contribution in [2.75, 3.05) is 7.05 Å².